The van der Waals surface area contributed by atoms with E-state index >= 15 is 0 Å². The smallest absolute Gasteiger partial charge is 0.0957 e. The molecule has 0 unspecified atom stereocenters. The SMILES string of the molecule is CNc1cc(C)cc2c(Cl)c3[nH]c(-c4ccccc4)cc3nc12. The van der Waals surface area contributed by atoms with Gasteiger partial charge in [-0.1, -0.05) is 41.9 Å². The molecule has 0 radical (unpaired) electrons. The predicted molar refractivity (Wildman–Crippen MR) is 98.3 cm³/mol. The summed E-state index contributed by atoms with van der Waals surface area (Å²) in [5, 5.41) is 4.89. The van der Waals surface area contributed by atoms with Gasteiger partial charge in [0.05, 0.1) is 27.3 Å². The van der Waals surface area contributed by atoms with Gasteiger partial charge in [-0.3, -0.25) is 0 Å². The molecule has 2 aromatic heterocycles. The number of pyridine rings is 1. The maximum atomic E-state index is 6.68. The van der Waals surface area contributed by atoms with Gasteiger partial charge >= 0.3 is 0 Å². The standard InChI is InChI=1S/C19H16ClN3/c1-11-8-13-17(20)19-16(23-18(13)15(9-11)21-2)10-14(22-19)12-6-4-3-5-7-12/h3-10,21-22H,1-2H3. The first-order valence-corrected chi connectivity index (χ1v) is 7.91. The molecule has 0 saturated carbocycles. The number of H-pyrrole nitrogens is 1. The molecule has 2 heterocycles. The van der Waals surface area contributed by atoms with Crippen LogP contribution in [0.25, 0.3) is 33.2 Å². The molecule has 3 nitrogen and oxygen atoms in total. The van der Waals surface area contributed by atoms with Crippen LogP contribution in [-0.4, -0.2) is 17.0 Å². The highest BCUT2D eigenvalue weighted by molar-refractivity contribution is 6.40. The maximum Gasteiger partial charge on any atom is 0.0957 e. The Kier molecular flexibility index (Phi) is 3.24. The third kappa shape index (κ3) is 2.25. The number of hydrogen-bond acceptors (Lipinski definition) is 2. The van der Waals surface area contributed by atoms with Crippen LogP contribution in [0.2, 0.25) is 5.02 Å². The minimum atomic E-state index is 0.715. The van der Waals surface area contributed by atoms with Crippen LogP contribution in [-0.2, 0) is 0 Å². The fourth-order valence-electron chi connectivity index (χ4n) is 2.98. The molecule has 0 saturated heterocycles. The van der Waals surface area contributed by atoms with Crippen LogP contribution in [0.5, 0.6) is 0 Å². The molecule has 0 aliphatic carbocycles. The fourth-order valence-corrected chi connectivity index (χ4v) is 3.27. The van der Waals surface area contributed by atoms with Gasteiger partial charge in [-0.05, 0) is 36.2 Å². The zero-order valence-corrected chi connectivity index (χ0v) is 13.7. The van der Waals surface area contributed by atoms with Gasteiger partial charge in [-0.15, -0.1) is 0 Å². The monoisotopic (exact) mass is 321 g/mol. The van der Waals surface area contributed by atoms with E-state index < -0.39 is 0 Å². The summed E-state index contributed by atoms with van der Waals surface area (Å²) < 4.78 is 0. The molecular weight excluding hydrogens is 306 g/mol. The van der Waals surface area contributed by atoms with Crippen molar-refractivity contribution in [3.63, 3.8) is 0 Å². The lowest BCUT2D eigenvalue weighted by molar-refractivity contribution is 1.41. The Labute approximate surface area is 139 Å². The second kappa shape index (κ2) is 5.28. The summed E-state index contributed by atoms with van der Waals surface area (Å²) in [6, 6.07) is 16.4. The molecule has 4 heteroatoms. The molecular formula is C19H16ClN3. The number of nitrogens with zero attached hydrogens (tertiary/aromatic N) is 1. The van der Waals surface area contributed by atoms with Gasteiger partial charge in [0, 0.05) is 18.1 Å². The lowest BCUT2D eigenvalue weighted by atomic mass is 10.1. The molecule has 4 rings (SSSR count). The summed E-state index contributed by atoms with van der Waals surface area (Å²) in [5.41, 5.74) is 6.94. The van der Waals surface area contributed by atoms with E-state index in [4.69, 9.17) is 16.6 Å². The Morgan fingerprint density at radius 3 is 2.61 bits per heavy atom. The van der Waals surface area contributed by atoms with Gasteiger partial charge in [0.25, 0.3) is 0 Å². The highest BCUT2D eigenvalue weighted by Crippen LogP contribution is 2.36. The van der Waals surface area contributed by atoms with Crippen molar-refractivity contribution in [3.8, 4) is 11.3 Å². The molecule has 0 amide bonds. The van der Waals surface area contributed by atoms with Crippen molar-refractivity contribution in [2.75, 3.05) is 12.4 Å². The summed E-state index contributed by atoms with van der Waals surface area (Å²) in [7, 11) is 1.90. The Morgan fingerprint density at radius 2 is 1.87 bits per heavy atom. The third-order valence-corrected chi connectivity index (χ3v) is 4.49. The van der Waals surface area contributed by atoms with Crippen LogP contribution < -0.4 is 5.32 Å². The van der Waals surface area contributed by atoms with Crippen molar-refractivity contribution >= 4 is 39.2 Å². The van der Waals surface area contributed by atoms with Gasteiger partial charge in [0.2, 0.25) is 0 Å². The molecule has 0 bridgehead atoms. The van der Waals surface area contributed by atoms with Crippen LogP contribution in [0.4, 0.5) is 5.69 Å². The highest BCUT2D eigenvalue weighted by atomic mass is 35.5. The lowest BCUT2D eigenvalue weighted by Gasteiger charge is -2.09. The van der Waals surface area contributed by atoms with Crippen molar-refractivity contribution in [3.05, 3.63) is 59.1 Å². The van der Waals surface area contributed by atoms with Gasteiger partial charge < -0.3 is 10.3 Å². The molecule has 0 aliphatic heterocycles. The first-order valence-electron chi connectivity index (χ1n) is 7.53. The van der Waals surface area contributed by atoms with Crippen LogP contribution in [0.1, 0.15) is 5.56 Å². The minimum absolute atomic E-state index is 0.715. The first kappa shape index (κ1) is 14.1. The lowest BCUT2D eigenvalue weighted by Crippen LogP contribution is -1.93. The zero-order valence-electron chi connectivity index (χ0n) is 12.9. The number of benzene rings is 2. The molecule has 4 aromatic rings. The van der Waals surface area contributed by atoms with Crippen LogP contribution in [0.15, 0.2) is 48.5 Å². The summed E-state index contributed by atoms with van der Waals surface area (Å²) in [4.78, 5) is 8.23. The summed E-state index contributed by atoms with van der Waals surface area (Å²) in [6.07, 6.45) is 0. The minimum Gasteiger partial charge on any atom is -0.386 e. The number of aromatic amines is 1. The Hall–Kier alpha value is -2.52. The molecule has 0 aliphatic rings. The summed E-state index contributed by atoms with van der Waals surface area (Å²) in [6.45, 7) is 2.06. The van der Waals surface area contributed by atoms with E-state index in [1.807, 2.05) is 25.2 Å². The molecule has 2 aromatic carbocycles. The largest absolute Gasteiger partial charge is 0.386 e. The third-order valence-electron chi connectivity index (χ3n) is 4.09. The topological polar surface area (TPSA) is 40.7 Å². The van der Waals surface area contributed by atoms with Gasteiger partial charge in [0.15, 0.2) is 0 Å². The number of anilines is 1. The Balaban J connectivity index is 2.05. The van der Waals surface area contributed by atoms with E-state index in [-0.39, 0.29) is 0 Å². The highest BCUT2D eigenvalue weighted by Gasteiger charge is 2.14. The number of halogens is 1. The predicted octanol–water partition coefficient (Wildman–Crippen LogP) is 5.39. The van der Waals surface area contributed by atoms with Gasteiger partial charge in [-0.25, -0.2) is 4.98 Å². The number of aromatic nitrogens is 2. The fraction of sp³-hybridized carbons (Fsp3) is 0.105. The van der Waals surface area contributed by atoms with E-state index in [2.05, 4.69) is 47.6 Å². The van der Waals surface area contributed by atoms with E-state index in [1.54, 1.807) is 0 Å². The van der Waals surface area contributed by atoms with Crippen molar-refractivity contribution in [1.29, 1.82) is 0 Å². The number of aryl methyl sites for hydroxylation is 1. The molecule has 0 fully saturated rings. The number of rotatable bonds is 2. The number of hydrogen-bond donors (Lipinski definition) is 2. The molecule has 0 atom stereocenters. The normalized spacial score (nSPS) is 11.3. The van der Waals surface area contributed by atoms with E-state index in [9.17, 15) is 0 Å². The van der Waals surface area contributed by atoms with Crippen LogP contribution in [0.3, 0.4) is 0 Å². The first-order chi connectivity index (χ1) is 11.2. The van der Waals surface area contributed by atoms with Gasteiger partial charge in [0.1, 0.15) is 0 Å². The summed E-state index contributed by atoms with van der Waals surface area (Å²) >= 11 is 6.68. The van der Waals surface area contributed by atoms with Crippen molar-refractivity contribution in [2.45, 2.75) is 6.92 Å². The zero-order chi connectivity index (χ0) is 16.0. The molecule has 23 heavy (non-hydrogen) atoms. The maximum absolute atomic E-state index is 6.68. The Morgan fingerprint density at radius 1 is 1.09 bits per heavy atom. The second-order valence-electron chi connectivity index (χ2n) is 5.69. The number of nitrogens with one attached hydrogen (secondary N) is 2. The van der Waals surface area contributed by atoms with Crippen LogP contribution >= 0.6 is 11.6 Å². The molecule has 114 valence electrons. The Bertz CT molecular complexity index is 1020. The molecule has 2 N–H and O–H groups in total. The average molecular weight is 322 g/mol. The van der Waals surface area contributed by atoms with E-state index in [0.717, 1.165) is 44.4 Å². The summed E-state index contributed by atoms with van der Waals surface area (Å²) in [5.74, 6) is 0. The quantitative estimate of drug-likeness (QED) is 0.520. The van der Waals surface area contributed by atoms with E-state index in [1.165, 1.54) is 0 Å². The van der Waals surface area contributed by atoms with E-state index in [0.29, 0.717) is 5.02 Å². The number of fused-ring (bicyclic) bond motifs is 2. The molecule has 0 spiro atoms. The average Bonchev–Trinajstić information content (AvgIpc) is 3.00. The van der Waals surface area contributed by atoms with Crippen molar-refractivity contribution in [2.24, 2.45) is 0 Å². The van der Waals surface area contributed by atoms with Gasteiger partial charge in [-0.2, -0.15) is 0 Å². The van der Waals surface area contributed by atoms with Crippen LogP contribution in [0, 0.1) is 6.92 Å². The van der Waals surface area contributed by atoms with Crippen molar-refractivity contribution < 1.29 is 0 Å². The van der Waals surface area contributed by atoms with Crippen molar-refractivity contribution in [1.82, 2.24) is 9.97 Å². The second-order valence-corrected chi connectivity index (χ2v) is 6.07.